The third-order valence-electron chi connectivity index (χ3n) is 1.08. The van der Waals surface area contributed by atoms with E-state index in [1.807, 2.05) is 0 Å². The van der Waals surface area contributed by atoms with E-state index in [9.17, 15) is 0 Å². The summed E-state index contributed by atoms with van der Waals surface area (Å²) in [6.07, 6.45) is 2.33. The van der Waals surface area contributed by atoms with E-state index < -0.39 is 7.82 Å². The Morgan fingerprint density at radius 2 is 1.36 bits per heavy atom. The SMILES string of the molecule is O=P(O)(O)O.ON1CCCC1. The molecule has 7 heteroatoms. The van der Waals surface area contributed by atoms with Crippen LogP contribution in [0.15, 0.2) is 0 Å². The molecule has 1 aliphatic heterocycles. The number of phosphoric acid groups is 1. The van der Waals surface area contributed by atoms with Crippen molar-refractivity contribution in [3.05, 3.63) is 0 Å². The van der Waals surface area contributed by atoms with Crippen LogP contribution in [0, 0.1) is 0 Å². The Bertz CT molecular complexity index is 131. The summed E-state index contributed by atoms with van der Waals surface area (Å²) < 4.78 is 8.88. The molecule has 0 unspecified atom stereocenters. The molecule has 0 saturated carbocycles. The van der Waals surface area contributed by atoms with Crippen molar-refractivity contribution in [1.29, 1.82) is 0 Å². The van der Waals surface area contributed by atoms with Gasteiger partial charge in [-0.2, -0.15) is 5.06 Å². The minimum atomic E-state index is -4.64. The summed E-state index contributed by atoms with van der Waals surface area (Å²) in [5.41, 5.74) is 0. The highest BCUT2D eigenvalue weighted by Gasteiger charge is 2.05. The van der Waals surface area contributed by atoms with Gasteiger partial charge in [0.05, 0.1) is 0 Å². The quantitative estimate of drug-likeness (QED) is 0.381. The van der Waals surface area contributed by atoms with Crippen LogP contribution in [0.25, 0.3) is 0 Å². The molecular formula is C4H12NO5P. The van der Waals surface area contributed by atoms with Crippen molar-refractivity contribution >= 4 is 7.82 Å². The summed E-state index contributed by atoms with van der Waals surface area (Å²) >= 11 is 0. The van der Waals surface area contributed by atoms with Gasteiger partial charge in [-0.15, -0.1) is 0 Å². The molecule has 0 atom stereocenters. The summed E-state index contributed by atoms with van der Waals surface area (Å²) in [5.74, 6) is 0. The highest BCUT2D eigenvalue weighted by Crippen LogP contribution is 2.25. The molecule has 0 aromatic carbocycles. The second-order valence-electron chi connectivity index (χ2n) is 2.17. The highest BCUT2D eigenvalue weighted by atomic mass is 31.2. The molecule has 0 amide bonds. The zero-order chi connectivity index (χ0) is 8.91. The van der Waals surface area contributed by atoms with Crippen molar-refractivity contribution in [2.45, 2.75) is 12.8 Å². The second-order valence-corrected chi connectivity index (χ2v) is 3.20. The Hall–Kier alpha value is 0.0300. The molecule has 6 nitrogen and oxygen atoms in total. The van der Waals surface area contributed by atoms with Crippen LogP contribution in [0.2, 0.25) is 0 Å². The highest BCUT2D eigenvalue weighted by molar-refractivity contribution is 7.45. The molecule has 1 saturated heterocycles. The largest absolute Gasteiger partial charge is 0.466 e. The first kappa shape index (κ1) is 11.0. The zero-order valence-electron chi connectivity index (χ0n) is 5.92. The van der Waals surface area contributed by atoms with Crippen molar-refractivity contribution in [3.63, 3.8) is 0 Å². The van der Waals surface area contributed by atoms with Gasteiger partial charge in [-0.1, -0.05) is 0 Å². The van der Waals surface area contributed by atoms with Crippen LogP contribution in [0.5, 0.6) is 0 Å². The average molecular weight is 185 g/mol. The standard InChI is InChI=1S/C4H9NO.H3O4P/c6-5-3-1-2-4-5;1-5(2,3)4/h6H,1-4H2;(H3,1,2,3,4). The van der Waals surface area contributed by atoms with Crippen molar-refractivity contribution in [2.24, 2.45) is 0 Å². The van der Waals surface area contributed by atoms with E-state index in [1.165, 1.54) is 5.06 Å². The zero-order valence-corrected chi connectivity index (χ0v) is 6.81. The van der Waals surface area contributed by atoms with E-state index >= 15 is 0 Å². The molecular weight excluding hydrogens is 173 g/mol. The topological polar surface area (TPSA) is 101 Å². The van der Waals surface area contributed by atoms with Gasteiger partial charge in [0.25, 0.3) is 0 Å². The smallest absolute Gasteiger partial charge is 0.314 e. The van der Waals surface area contributed by atoms with E-state index in [4.69, 9.17) is 24.5 Å². The Morgan fingerprint density at radius 1 is 1.09 bits per heavy atom. The molecule has 0 spiro atoms. The molecule has 4 N–H and O–H groups in total. The van der Waals surface area contributed by atoms with Gasteiger partial charge in [-0.05, 0) is 12.8 Å². The van der Waals surface area contributed by atoms with Crippen LogP contribution in [-0.4, -0.2) is 38.0 Å². The number of hydrogen-bond donors (Lipinski definition) is 4. The summed E-state index contributed by atoms with van der Waals surface area (Å²) in [5, 5.41) is 9.92. The lowest BCUT2D eigenvalue weighted by Gasteiger charge is -1.99. The molecule has 68 valence electrons. The Kier molecular flexibility index (Phi) is 4.83. The Balaban J connectivity index is 0.000000187. The van der Waals surface area contributed by atoms with Crippen LogP contribution < -0.4 is 0 Å². The van der Waals surface area contributed by atoms with Gasteiger partial charge in [0, 0.05) is 13.1 Å². The van der Waals surface area contributed by atoms with E-state index in [-0.39, 0.29) is 0 Å². The van der Waals surface area contributed by atoms with Gasteiger partial charge in [0.2, 0.25) is 0 Å². The molecule has 0 aliphatic carbocycles. The molecule has 0 bridgehead atoms. The third kappa shape index (κ3) is 13.1. The van der Waals surface area contributed by atoms with E-state index in [0.717, 1.165) is 25.9 Å². The maximum absolute atomic E-state index is 8.88. The van der Waals surface area contributed by atoms with Crippen LogP contribution >= 0.6 is 7.82 Å². The van der Waals surface area contributed by atoms with Crippen molar-refractivity contribution < 1.29 is 24.5 Å². The first-order valence-electron chi connectivity index (χ1n) is 3.12. The predicted octanol–water partition coefficient (Wildman–Crippen LogP) is -0.457. The van der Waals surface area contributed by atoms with Crippen LogP contribution in [0.3, 0.4) is 0 Å². The molecule has 1 aliphatic rings. The molecule has 11 heavy (non-hydrogen) atoms. The fourth-order valence-electron chi connectivity index (χ4n) is 0.700. The van der Waals surface area contributed by atoms with Gasteiger partial charge in [0.15, 0.2) is 0 Å². The minimum Gasteiger partial charge on any atom is -0.314 e. The Labute approximate surface area is 64.3 Å². The number of hydrogen-bond acceptors (Lipinski definition) is 3. The van der Waals surface area contributed by atoms with Crippen molar-refractivity contribution in [2.75, 3.05) is 13.1 Å². The summed E-state index contributed by atoms with van der Waals surface area (Å²) in [4.78, 5) is 21.6. The second kappa shape index (κ2) is 4.82. The van der Waals surface area contributed by atoms with Gasteiger partial charge in [0.1, 0.15) is 0 Å². The predicted molar refractivity (Wildman–Crippen MR) is 36.9 cm³/mol. The average Bonchev–Trinajstić information content (AvgIpc) is 2.12. The van der Waals surface area contributed by atoms with E-state index in [0.29, 0.717) is 0 Å². The lowest BCUT2D eigenvalue weighted by Crippen LogP contribution is -2.11. The maximum Gasteiger partial charge on any atom is 0.466 e. The maximum atomic E-state index is 8.88. The minimum absolute atomic E-state index is 0.875. The lowest BCUT2D eigenvalue weighted by molar-refractivity contribution is -0.0678. The number of nitrogens with zero attached hydrogens (tertiary/aromatic N) is 1. The lowest BCUT2D eigenvalue weighted by atomic mass is 10.4. The molecule has 0 aromatic rings. The van der Waals surface area contributed by atoms with Crippen LogP contribution in [-0.2, 0) is 4.57 Å². The number of hydroxylamine groups is 2. The van der Waals surface area contributed by atoms with Crippen LogP contribution in [0.1, 0.15) is 12.8 Å². The van der Waals surface area contributed by atoms with Gasteiger partial charge < -0.3 is 19.9 Å². The van der Waals surface area contributed by atoms with E-state index in [1.54, 1.807) is 0 Å². The molecule has 1 heterocycles. The van der Waals surface area contributed by atoms with Crippen molar-refractivity contribution in [3.8, 4) is 0 Å². The van der Waals surface area contributed by atoms with Crippen LogP contribution in [0.4, 0.5) is 0 Å². The summed E-state index contributed by atoms with van der Waals surface area (Å²) in [6.45, 7) is 1.75. The first-order valence-corrected chi connectivity index (χ1v) is 4.68. The summed E-state index contributed by atoms with van der Waals surface area (Å²) in [6, 6.07) is 0. The molecule has 1 fully saturated rings. The number of rotatable bonds is 0. The molecule has 0 aromatic heterocycles. The fraction of sp³-hybridized carbons (Fsp3) is 1.00. The third-order valence-corrected chi connectivity index (χ3v) is 1.08. The monoisotopic (exact) mass is 185 g/mol. The van der Waals surface area contributed by atoms with E-state index in [2.05, 4.69) is 0 Å². The molecule has 1 rings (SSSR count). The van der Waals surface area contributed by atoms with Gasteiger partial charge in [-0.25, -0.2) is 4.57 Å². The van der Waals surface area contributed by atoms with Gasteiger partial charge in [-0.3, -0.25) is 0 Å². The normalized spacial score (nSPS) is 19.3. The Morgan fingerprint density at radius 3 is 1.45 bits per heavy atom. The van der Waals surface area contributed by atoms with Gasteiger partial charge >= 0.3 is 7.82 Å². The summed E-state index contributed by atoms with van der Waals surface area (Å²) in [7, 11) is -4.64. The fourth-order valence-corrected chi connectivity index (χ4v) is 0.700. The first-order chi connectivity index (χ1) is 4.89. The molecule has 0 radical (unpaired) electrons. The van der Waals surface area contributed by atoms with Crippen molar-refractivity contribution in [1.82, 2.24) is 5.06 Å².